The molecule has 5 rings (SSSR count). The lowest BCUT2D eigenvalue weighted by atomic mass is 9.73. The third kappa shape index (κ3) is 3.19. The maximum atomic E-state index is 14.0. The number of carbonyl (C=O) groups excluding carboxylic acids is 1. The fraction of sp³-hybridized carbons (Fsp3) is 0.478. The number of carbonyl (C=O) groups is 1. The van der Waals surface area contributed by atoms with E-state index in [1.54, 1.807) is 6.07 Å². The van der Waals surface area contributed by atoms with E-state index in [0.29, 0.717) is 34.1 Å². The molecule has 3 atom stereocenters. The Morgan fingerprint density at radius 3 is 2.83 bits per heavy atom. The number of amides is 1. The Morgan fingerprint density at radius 1 is 1.27 bits per heavy atom. The molecule has 1 saturated carbocycles. The summed E-state index contributed by atoms with van der Waals surface area (Å²) in [5.74, 6) is 1.52. The number of fused-ring (bicyclic) bond motifs is 3. The molecule has 1 aromatic carbocycles. The Hall–Kier alpha value is -1.82. The SMILES string of the molecule is CC1=NC2=CCNN2C(c2ccc(Cl)c(Cl)c2)=C1C(=O)N1CC2(C)CC(C)CC1C2. The molecule has 1 N–H and O–H groups in total. The van der Waals surface area contributed by atoms with Gasteiger partial charge in [-0.3, -0.25) is 9.80 Å². The number of hydrazine groups is 1. The summed E-state index contributed by atoms with van der Waals surface area (Å²) in [5, 5.41) is 2.87. The summed E-state index contributed by atoms with van der Waals surface area (Å²) in [6.07, 6.45) is 5.36. The largest absolute Gasteiger partial charge is 0.335 e. The van der Waals surface area contributed by atoms with Crippen LogP contribution in [0.25, 0.3) is 5.70 Å². The summed E-state index contributed by atoms with van der Waals surface area (Å²) in [6.45, 7) is 8.02. The van der Waals surface area contributed by atoms with Gasteiger partial charge in [-0.2, -0.15) is 0 Å². The molecule has 1 aliphatic carbocycles. The van der Waals surface area contributed by atoms with Gasteiger partial charge in [-0.1, -0.05) is 43.1 Å². The van der Waals surface area contributed by atoms with E-state index in [-0.39, 0.29) is 11.3 Å². The molecule has 2 bridgehead atoms. The van der Waals surface area contributed by atoms with Crippen molar-refractivity contribution in [3.8, 4) is 0 Å². The molecule has 0 aromatic heterocycles. The number of benzene rings is 1. The van der Waals surface area contributed by atoms with Crippen molar-refractivity contribution in [3.05, 3.63) is 51.3 Å². The fourth-order valence-corrected chi connectivity index (χ4v) is 6.08. The van der Waals surface area contributed by atoms with E-state index in [2.05, 4.69) is 24.2 Å². The Labute approximate surface area is 187 Å². The maximum absolute atomic E-state index is 14.0. The lowest BCUT2D eigenvalue weighted by Crippen LogP contribution is -2.42. The van der Waals surface area contributed by atoms with Crippen molar-refractivity contribution >= 4 is 40.5 Å². The Kier molecular flexibility index (Phi) is 4.77. The van der Waals surface area contributed by atoms with Crippen molar-refractivity contribution in [2.75, 3.05) is 13.1 Å². The molecule has 1 aromatic rings. The molecule has 3 heterocycles. The number of nitrogens with zero attached hydrogens (tertiary/aromatic N) is 3. The Bertz CT molecular complexity index is 1030. The van der Waals surface area contributed by atoms with Gasteiger partial charge in [0.15, 0.2) is 0 Å². The fourth-order valence-electron chi connectivity index (χ4n) is 5.79. The van der Waals surface area contributed by atoms with Crippen molar-refractivity contribution < 1.29 is 4.79 Å². The molecule has 1 amide bonds. The van der Waals surface area contributed by atoms with Crippen LogP contribution in [-0.2, 0) is 4.79 Å². The van der Waals surface area contributed by atoms with Crippen molar-refractivity contribution in [2.24, 2.45) is 16.3 Å². The average molecular weight is 445 g/mol. The number of hydrogen-bond donors (Lipinski definition) is 1. The van der Waals surface area contributed by atoms with Crippen LogP contribution in [0.3, 0.4) is 0 Å². The van der Waals surface area contributed by atoms with Gasteiger partial charge in [0, 0.05) is 24.7 Å². The minimum atomic E-state index is 0.0629. The first-order chi connectivity index (χ1) is 14.3. The van der Waals surface area contributed by atoms with E-state index in [0.717, 1.165) is 42.2 Å². The number of halogens is 2. The van der Waals surface area contributed by atoms with Crippen molar-refractivity contribution in [3.63, 3.8) is 0 Å². The number of nitrogens with one attached hydrogen (secondary N) is 1. The zero-order valence-corrected chi connectivity index (χ0v) is 19.0. The number of hydrogen-bond acceptors (Lipinski definition) is 4. The monoisotopic (exact) mass is 444 g/mol. The van der Waals surface area contributed by atoms with E-state index in [4.69, 9.17) is 28.2 Å². The van der Waals surface area contributed by atoms with Crippen LogP contribution >= 0.6 is 23.2 Å². The number of likely N-dealkylation sites (tertiary alicyclic amines) is 1. The smallest absolute Gasteiger partial charge is 0.258 e. The highest BCUT2D eigenvalue weighted by atomic mass is 35.5. The lowest BCUT2D eigenvalue weighted by Gasteiger charge is -2.33. The van der Waals surface area contributed by atoms with E-state index in [1.165, 1.54) is 6.42 Å². The second kappa shape index (κ2) is 7.11. The Balaban J connectivity index is 1.62. The van der Waals surface area contributed by atoms with Crippen LogP contribution in [0.2, 0.25) is 10.0 Å². The van der Waals surface area contributed by atoms with Crippen LogP contribution in [-0.4, -0.2) is 40.7 Å². The van der Waals surface area contributed by atoms with E-state index >= 15 is 0 Å². The average Bonchev–Trinajstić information content (AvgIpc) is 3.23. The molecule has 4 aliphatic rings. The zero-order chi connectivity index (χ0) is 21.2. The van der Waals surface area contributed by atoms with Crippen LogP contribution < -0.4 is 5.43 Å². The second-order valence-electron chi connectivity index (χ2n) is 9.46. The van der Waals surface area contributed by atoms with Gasteiger partial charge in [-0.05, 0) is 55.7 Å². The molecule has 2 fully saturated rings. The molecule has 0 spiro atoms. The minimum absolute atomic E-state index is 0.0629. The zero-order valence-electron chi connectivity index (χ0n) is 17.5. The normalized spacial score (nSPS) is 30.4. The van der Waals surface area contributed by atoms with Crippen LogP contribution in [0.5, 0.6) is 0 Å². The molecule has 0 radical (unpaired) electrons. The van der Waals surface area contributed by atoms with Gasteiger partial charge in [0.1, 0.15) is 5.82 Å². The second-order valence-corrected chi connectivity index (χ2v) is 10.3. The van der Waals surface area contributed by atoms with Crippen LogP contribution in [0.4, 0.5) is 0 Å². The molecule has 158 valence electrons. The van der Waals surface area contributed by atoms with Gasteiger partial charge in [0.2, 0.25) is 0 Å². The van der Waals surface area contributed by atoms with Gasteiger partial charge in [0.05, 0.1) is 27.0 Å². The first-order valence-electron chi connectivity index (χ1n) is 10.6. The van der Waals surface area contributed by atoms with Crippen molar-refractivity contribution in [1.29, 1.82) is 0 Å². The molecular weight excluding hydrogens is 419 g/mol. The van der Waals surface area contributed by atoms with Gasteiger partial charge >= 0.3 is 0 Å². The first-order valence-corrected chi connectivity index (χ1v) is 11.3. The van der Waals surface area contributed by atoms with Crippen molar-refractivity contribution in [1.82, 2.24) is 15.3 Å². The van der Waals surface area contributed by atoms with Crippen LogP contribution in [0.1, 0.15) is 45.6 Å². The third-order valence-electron chi connectivity index (χ3n) is 6.77. The van der Waals surface area contributed by atoms with E-state index in [9.17, 15) is 4.79 Å². The van der Waals surface area contributed by atoms with E-state index < -0.39 is 0 Å². The Morgan fingerprint density at radius 2 is 2.07 bits per heavy atom. The predicted octanol–water partition coefficient (Wildman–Crippen LogP) is 4.88. The maximum Gasteiger partial charge on any atom is 0.258 e. The highest BCUT2D eigenvalue weighted by Gasteiger charge is 2.49. The van der Waals surface area contributed by atoms with Gasteiger partial charge in [-0.15, -0.1) is 0 Å². The first kappa shape index (κ1) is 20.1. The highest BCUT2D eigenvalue weighted by Crippen LogP contribution is 2.48. The molecule has 3 unspecified atom stereocenters. The summed E-state index contributed by atoms with van der Waals surface area (Å²) < 4.78 is 0. The summed E-state index contributed by atoms with van der Waals surface area (Å²) in [4.78, 5) is 20.8. The lowest BCUT2D eigenvalue weighted by molar-refractivity contribution is -0.127. The quantitative estimate of drug-likeness (QED) is 0.706. The van der Waals surface area contributed by atoms with E-state index in [1.807, 2.05) is 30.1 Å². The summed E-state index contributed by atoms with van der Waals surface area (Å²) in [6, 6.07) is 5.82. The molecule has 7 heteroatoms. The van der Waals surface area contributed by atoms with Crippen LogP contribution in [0.15, 0.2) is 40.7 Å². The van der Waals surface area contributed by atoms with Gasteiger partial charge < -0.3 is 4.90 Å². The molecule has 30 heavy (non-hydrogen) atoms. The minimum Gasteiger partial charge on any atom is -0.335 e. The number of rotatable bonds is 2. The molecule has 1 saturated heterocycles. The molecule has 3 aliphatic heterocycles. The highest BCUT2D eigenvalue weighted by molar-refractivity contribution is 6.42. The van der Waals surface area contributed by atoms with Gasteiger partial charge in [-0.25, -0.2) is 10.4 Å². The third-order valence-corrected chi connectivity index (χ3v) is 7.51. The topological polar surface area (TPSA) is 47.9 Å². The predicted molar refractivity (Wildman–Crippen MR) is 121 cm³/mol. The molecular formula is C23H26Cl2N4O. The standard InChI is InChI=1S/C23H26Cl2N4O/c1-13-8-16-11-23(3,10-13)12-28(16)22(30)20-14(2)27-19-6-7-26-29(19)21(20)15-4-5-17(24)18(25)9-15/h4-6,9,13,16,26H,7-8,10-12H2,1-3H3. The summed E-state index contributed by atoms with van der Waals surface area (Å²) in [5.41, 5.74) is 6.57. The van der Waals surface area contributed by atoms with Gasteiger partial charge in [0.25, 0.3) is 5.91 Å². The van der Waals surface area contributed by atoms with Crippen LogP contribution in [0, 0.1) is 11.3 Å². The number of aliphatic imine (C=N–C) groups is 1. The summed E-state index contributed by atoms with van der Waals surface area (Å²) >= 11 is 12.5. The van der Waals surface area contributed by atoms with Crippen molar-refractivity contribution in [2.45, 2.75) is 46.1 Å². The summed E-state index contributed by atoms with van der Waals surface area (Å²) in [7, 11) is 0. The molecule has 5 nitrogen and oxygen atoms in total.